The van der Waals surface area contributed by atoms with Gasteiger partial charge in [0.05, 0.1) is 8.66 Å². The van der Waals surface area contributed by atoms with Crippen LogP contribution in [0.5, 0.6) is 5.75 Å². The predicted molar refractivity (Wildman–Crippen MR) is 90.6 cm³/mol. The van der Waals surface area contributed by atoms with E-state index in [2.05, 4.69) is 21.2 Å². The van der Waals surface area contributed by atoms with Crippen LogP contribution in [0.15, 0.2) is 40.2 Å². The van der Waals surface area contributed by atoms with Crippen molar-refractivity contribution in [2.75, 3.05) is 26.0 Å². The van der Waals surface area contributed by atoms with Crippen LogP contribution in [0.1, 0.15) is 9.67 Å². The number of carbonyl (C=O) groups excluding carboxylic acids is 2. The Balaban J connectivity index is 1.91. The summed E-state index contributed by atoms with van der Waals surface area (Å²) in [5, 5.41) is 2.80. The lowest BCUT2D eigenvalue weighted by Gasteiger charge is -2.11. The van der Waals surface area contributed by atoms with Gasteiger partial charge in [0, 0.05) is 19.8 Å². The van der Waals surface area contributed by atoms with E-state index in [9.17, 15) is 9.59 Å². The summed E-state index contributed by atoms with van der Waals surface area (Å²) < 4.78 is 6.28. The van der Waals surface area contributed by atoms with Crippen molar-refractivity contribution in [3.8, 4) is 5.75 Å². The van der Waals surface area contributed by atoms with E-state index in [1.807, 2.05) is 6.07 Å². The maximum atomic E-state index is 12.0. The van der Waals surface area contributed by atoms with E-state index in [0.29, 0.717) is 16.3 Å². The molecule has 1 aromatic carbocycles. The third kappa shape index (κ3) is 4.57. The maximum Gasteiger partial charge on any atom is 0.265 e. The van der Waals surface area contributed by atoms with Gasteiger partial charge in [0.25, 0.3) is 11.8 Å². The number of amides is 2. The van der Waals surface area contributed by atoms with E-state index in [0.717, 1.165) is 3.79 Å². The minimum atomic E-state index is -0.160. The van der Waals surface area contributed by atoms with Gasteiger partial charge in [-0.1, -0.05) is 0 Å². The average molecular weight is 383 g/mol. The molecule has 0 aliphatic rings. The highest BCUT2D eigenvalue weighted by Crippen LogP contribution is 2.23. The lowest BCUT2D eigenvalue weighted by molar-refractivity contribution is -0.130. The Kier molecular flexibility index (Phi) is 5.57. The molecule has 0 saturated carbocycles. The number of halogens is 1. The van der Waals surface area contributed by atoms with E-state index in [1.54, 1.807) is 44.4 Å². The molecule has 0 saturated heterocycles. The molecule has 0 bridgehead atoms. The summed E-state index contributed by atoms with van der Waals surface area (Å²) in [4.78, 5) is 25.5. The number of anilines is 1. The van der Waals surface area contributed by atoms with Gasteiger partial charge in [-0.3, -0.25) is 9.59 Å². The lowest BCUT2D eigenvalue weighted by atomic mass is 10.3. The monoisotopic (exact) mass is 382 g/mol. The van der Waals surface area contributed by atoms with Crippen molar-refractivity contribution >= 4 is 44.8 Å². The number of hydrogen-bond acceptors (Lipinski definition) is 4. The quantitative estimate of drug-likeness (QED) is 0.863. The van der Waals surface area contributed by atoms with E-state index in [-0.39, 0.29) is 18.4 Å². The van der Waals surface area contributed by atoms with Gasteiger partial charge in [0.15, 0.2) is 6.61 Å². The van der Waals surface area contributed by atoms with Crippen LogP contribution >= 0.6 is 27.3 Å². The Morgan fingerprint density at radius 1 is 1.18 bits per heavy atom. The van der Waals surface area contributed by atoms with Crippen molar-refractivity contribution in [2.45, 2.75) is 0 Å². The van der Waals surface area contributed by atoms with Crippen LogP contribution < -0.4 is 10.1 Å². The van der Waals surface area contributed by atoms with Crippen LogP contribution in [-0.4, -0.2) is 37.4 Å². The third-order valence-electron chi connectivity index (χ3n) is 2.77. The average Bonchev–Trinajstić information content (AvgIpc) is 2.92. The number of ether oxygens (including phenoxy) is 1. The molecule has 0 spiro atoms. The molecule has 0 aliphatic heterocycles. The number of thiophene rings is 1. The normalized spacial score (nSPS) is 10.1. The highest BCUT2D eigenvalue weighted by molar-refractivity contribution is 9.11. The Morgan fingerprint density at radius 2 is 1.86 bits per heavy atom. The Hall–Kier alpha value is -1.86. The third-order valence-corrected chi connectivity index (χ3v) is 4.39. The number of carbonyl (C=O) groups is 2. The first kappa shape index (κ1) is 16.5. The second kappa shape index (κ2) is 7.42. The second-order valence-electron chi connectivity index (χ2n) is 4.66. The molecule has 0 aliphatic carbocycles. The zero-order valence-corrected chi connectivity index (χ0v) is 14.5. The van der Waals surface area contributed by atoms with Gasteiger partial charge >= 0.3 is 0 Å². The fourth-order valence-electron chi connectivity index (χ4n) is 1.54. The van der Waals surface area contributed by atoms with Crippen LogP contribution in [0.2, 0.25) is 0 Å². The van der Waals surface area contributed by atoms with Gasteiger partial charge in [0.2, 0.25) is 0 Å². The summed E-state index contributed by atoms with van der Waals surface area (Å²) in [6.45, 7) is -0.0120. The topological polar surface area (TPSA) is 58.6 Å². The van der Waals surface area contributed by atoms with Crippen molar-refractivity contribution in [3.05, 3.63) is 45.1 Å². The largest absolute Gasteiger partial charge is 0.484 e. The Morgan fingerprint density at radius 3 is 2.41 bits per heavy atom. The van der Waals surface area contributed by atoms with E-state index < -0.39 is 0 Å². The molecule has 5 nitrogen and oxygen atoms in total. The van der Waals surface area contributed by atoms with Crippen LogP contribution in [0.4, 0.5) is 5.69 Å². The van der Waals surface area contributed by atoms with Crippen LogP contribution in [0, 0.1) is 0 Å². The Labute approximate surface area is 141 Å². The van der Waals surface area contributed by atoms with Crippen molar-refractivity contribution < 1.29 is 14.3 Å². The molecular formula is C15H15BrN2O3S. The summed E-state index contributed by atoms with van der Waals surface area (Å²) in [6, 6.07) is 10.5. The molecular weight excluding hydrogens is 368 g/mol. The van der Waals surface area contributed by atoms with Crippen molar-refractivity contribution in [2.24, 2.45) is 0 Å². The molecule has 0 radical (unpaired) electrons. The highest BCUT2D eigenvalue weighted by atomic mass is 79.9. The smallest absolute Gasteiger partial charge is 0.265 e. The highest BCUT2D eigenvalue weighted by Gasteiger charge is 2.09. The number of nitrogens with one attached hydrogen (secondary N) is 1. The summed E-state index contributed by atoms with van der Waals surface area (Å²) in [5.41, 5.74) is 0.667. The Bertz CT molecular complexity index is 668. The first-order chi connectivity index (χ1) is 10.5. The van der Waals surface area contributed by atoms with Gasteiger partial charge in [-0.15, -0.1) is 11.3 Å². The molecule has 1 N–H and O–H groups in total. The van der Waals surface area contributed by atoms with E-state index in [1.165, 1.54) is 16.2 Å². The van der Waals surface area contributed by atoms with Crippen molar-refractivity contribution in [1.82, 2.24) is 4.90 Å². The molecule has 116 valence electrons. The number of nitrogens with zero attached hydrogens (tertiary/aromatic N) is 1. The van der Waals surface area contributed by atoms with Crippen molar-refractivity contribution in [3.63, 3.8) is 0 Å². The van der Waals surface area contributed by atoms with Gasteiger partial charge in [-0.05, 0) is 52.3 Å². The molecule has 7 heteroatoms. The fraction of sp³-hybridized carbons (Fsp3) is 0.200. The minimum absolute atomic E-state index is 0.0120. The predicted octanol–water partition coefficient (Wildman–Crippen LogP) is 3.23. The van der Waals surface area contributed by atoms with E-state index in [4.69, 9.17) is 4.74 Å². The molecule has 0 atom stereocenters. The maximum absolute atomic E-state index is 12.0. The molecule has 2 aromatic rings. The summed E-state index contributed by atoms with van der Waals surface area (Å²) in [6.07, 6.45) is 0. The second-order valence-corrected chi connectivity index (χ2v) is 7.12. The zero-order valence-electron chi connectivity index (χ0n) is 12.1. The molecule has 0 unspecified atom stereocenters. The van der Waals surface area contributed by atoms with E-state index >= 15 is 0 Å². The molecule has 22 heavy (non-hydrogen) atoms. The standard InChI is InChI=1S/C15H15BrN2O3S/c1-18(2)14(19)9-21-11-5-3-10(4-6-11)17-15(20)12-7-8-13(16)22-12/h3-8H,9H2,1-2H3,(H,17,20). The lowest BCUT2D eigenvalue weighted by Crippen LogP contribution is -2.27. The first-order valence-electron chi connectivity index (χ1n) is 6.45. The molecule has 2 amide bonds. The number of likely N-dealkylation sites (N-methyl/N-ethyl adjacent to an activating group) is 1. The van der Waals surface area contributed by atoms with Gasteiger partial charge in [0.1, 0.15) is 5.75 Å². The molecule has 1 heterocycles. The van der Waals surface area contributed by atoms with Crippen molar-refractivity contribution in [1.29, 1.82) is 0 Å². The fourth-order valence-corrected chi connectivity index (χ4v) is 2.82. The molecule has 1 aromatic heterocycles. The van der Waals surface area contributed by atoms with Gasteiger partial charge in [-0.25, -0.2) is 0 Å². The van der Waals surface area contributed by atoms with Crippen LogP contribution in [0.3, 0.4) is 0 Å². The number of rotatable bonds is 5. The SMILES string of the molecule is CN(C)C(=O)COc1ccc(NC(=O)c2ccc(Br)s2)cc1. The number of benzene rings is 1. The van der Waals surface area contributed by atoms with Gasteiger partial charge in [-0.2, -0.15) is 0 Å². The summed E-state index contributed by atoms with van der Waals surface area (Å²) in [5.74, 6) is 0.305. The van der Waals surface area contributed by atoms with Crippen LogP contribution in [-0.2, 0) is 4.79 Å². The minimum Gasteiger partial charge on any atom is -0.484 e. The molecule has 2 rings (SSSR count). The first-order valence-corrected chi connectivity index (χ1v) is 8.06. The number of hydrogen-bond donors (Lipinski definition) is 1. The zero-order chi connectivity index (χ0) is 16.1. The molecule has 0 fully saturated rings. The van der Waals surface area contributed by atoms with Crippen LogP contribution in [0.25, 0.3) is 0 Å². The summed E-state index contributed by atoms with van der Waals surface area (Å²) in [7, 11) is 3.35. The summed E-state index contributed by atoms with van der Waals surface area (Å²) >= 11 is 4.70. The van der Waals surface area contributed by atoms with Gasteiger partial charge < -0.3 is 15.0 Å².